The van der Waals surface area contributed by atoms with Crippen LogP contribution in [0.3, 0.4) is 0 Å². The minimum atomic E-state index is -0.853. The van der Waals surface area contributed by atoms with Crippen molar-refractivity contribution in [3.8, 4) is 11.1 Å². The van der Waals surface area contributed by atoms with Gasteiger partial charge in [-0.05, 0) is 41.7 Å². The highest BCUT2D eigenvalue weighted by atomic mass is 16.6. The number of fused-ring (bicyclic) bond motifs is 3. The van der Waals surface area contributed by atoms with Crippen LogP contribution in [0.4, 0.5) is 10.5 Å². The van der Waals surface area contributed by atoms with Crippen LogP contribution in [0.2, 0.25) is 0 Å². The summed E-state index contributed by atoms with van der Waals surface area (Å²) in [6.07, 6.45) is -1.20. The molecule has 2 atom stereocenters. The van der Waals surface area contributed by atoms with E-state index in [1.807, 2.05) is 62.4 Å². The number of aliphatic hydroxyl groups excluding tert-OH is 1. The van der Waals surface area contributed by atoms with Gasteiger partial charge < -0.3 is 20.5 Å². The monoisotopic (exact) mass is 515 g/mol. The third-order valence-corrected chi connectivity index (χ3v) is 6.76. The summed E-state index contributed by atoms with van der Waals surface area (Å²) in [5, 5.41) is 14.6. The molecule has 0 bridgehead atoms. The maximum absolute atomic E-state index is 13.3. The van der Waals surface area contributed by atoms with Crippen LogP contribution in [0.5, 0.6) is 0 Å². The second-order valence-corrected chi connectivity index (χ2v) is 9.81. The molecule has 3 aromatic rings. The smallest absolute Gasteiger partial charge is 0.411 e. The molecule has 0 fully saturated rings. The van der Waals surface area contributed by atoms with E-state index in [0.717, 1.165) is 27.8 Å². The second kappa shape index (κ2) is 11.5. The fourth-order valence-electron chi connectivity index (χ4n) is 4.77. The Morgan fingerprint density at radius 1 is 0.868 bits per heavy atom. The largest absolute Gasteiger partial charge is 0.436 e. The van der Waals surface area contributed by atoms with Gasteiger partial charge in [0.2, 0.25) is 11.8 Å². The number of carbonyl (C=O) groups is 3. The van der Waals surface area contributed by atoms with E-state index in [0.29, 0.717) is 5.69 Å². The molecule has 0 unspecified atom stereocenters. The highest BCUT2D eigenvalue weighted by molar-refractivity contribution is 5.98. The maximum atomic E-state index is 13.3. The lowest BCUT2D eigenvalue weighted by atomic mass is 10.0. The Labute approximate surface area is 222 Å². The van der Waals surface area contributed by atoms with E-state index in [4.69, 9.17) is 4.74 Å². The van der Waals surface area contributed by atoms with Crippen LogP contribution in [0.25, 0.3) is 11.1 Å². The van der Waals surface area contributed by atoms with E-state index in [1.165, 1.54) is 11.9 Å². The third-order valence-electron chi connectivity index (χ3n) is 6.76. The maximum Gasteiger partial charge on any atom is 0.411 e. The van der Waals surface area contributed by atoms with Crippen LogP contribution in [0, 0.1) is 5.92 Å². The molecule has 0 heterocycles. The van der Waals surface area contributed by atoms with E-state index in [9.17, 15) is 19.5 Å². The Kier molecular flexibility index (Phi) is 8.12. The Bertz CT molecular complexity index is 1280. The van der Waals surface area contributed by atoms with Gasteiger partial charge in [0, 0.05) is 23.9 Å². The zero-order valence-corrected chi connectivity index (χ0v) is 22.0. The average molecular weight is 516 g/mol. The quantitative estimate of drug-likeness (QED) is 0.410. The number of ether oxygens (including phenoxy) is 1. The molecule has 1 aliphatic rings. The molecule has 0 aliphatic heterocycles. The zero-order valence-electron chi connectivity index (χ0n) is 22.0. The number of carbonyl (C=O) groups excluding carboxylic acids is 3. The van der Waals surface area contributed by atoms with Gasteiger partial charge in [-0.2, -0.15) is 0 Å². The van der Waals surface area contributed by atoms with Gasteiger partial charge in [0.05, 0.1) is 6.61 Å². The standard InChI is InChI=1S/C30H33N3O5/c1-18(2)26(29(36)31-19(3)28(35)32-21-15-13-20(17-34)14-16-21)33(4)30(37)38-27-24-11-7-5-9-22(24)23-10-6-8-12-25(23)27/h5-16,18-19,26-27,34H,17H2,1-4H3,(H,31,36)(H,32,35)/t19-,26-/m0/s1. The molecule has 0 saturated carbocycles. The normalized spacial score (nSPS) is 13.7. The average Bonchev–Trinajstić information content (AvgIpc) is 3.22. The number of anilines is 1. The lowest BCUT2D eigenvalue weighted by Crippen LogP contribution is -2.54. The number of hydrogen-bond donors (Lipinski definition) is 3. The number of hydrogen-bond acceptors (Lipinski definition) is 5. The first-order chi connectivity index (χ1) is 18.2. The number of aliphatic hydroxyl groups is 1. The summed E-state index contributed by atoms with van der Waals surface area (Å²) in [6, 6.07) is 20.7. The van der Waals surface area contributed by atoms with Gasteiger partial charge in [0.15, 0.2) is 6.10 Å². The second-order valence-electron chi connectivity index (χ2n) is 9.81. The van der Waals surface area contributed by atoms with Crippen molar-refractivity contribution < 1.29 is 24.2 Å². The lowest BCUT2D eigenvalue weighted by molar-refractivity contribution is -0.130. The first-order valence-corrected chi connectivity index (χ1v) is 12.6. The minimum Gasteiger partial charge on any atom is -0.436 e. The summed E-state index contributed by atoms with van der Waals surface area (Å²) in [4.78, 5) is 40.5. The number of benzene rings is 3. The molecule has 3 amide bonds. The predicted octanol–water partition coefficient (Wildman–Crippen LogP) is 4.49. The van der Waals surface area contributed by atoms with E-state index < -0.39 is 36.1 Å². The molecule has 198 valence electrons. The summed E-state index contributed by atoms with van der Waals surface area (Å²) in [7, 11) is 1.53. The number of nitrogens with one attached hydrogen (secondary N) is 2. The summed E-state index contributed by atoms with van der Waals surface area (Å²) in [5.74, 6) is -1.09. The van der Waals surface area contributed by atoms with Gasteiger partial charge in [0.25, 0.3) is 0 Å². The van der Waals surface area contributed by atoms with E-state index >= 15 is 0 Å². The molecule has 0 radical (unpaired) electrons. The van der Waals surface area contributed by atoms with Crippen molar-refractivity contribution in [2.45, 2.75) is 45.6 Å². The van der Waals surface area contributed by atoms with Crippen molar-refractivity contribution in [2.75, 3.05) is 12.4 Å². The fourth-order valence-corrected chi connectivity index (χ4v) is 4.77. The predicted molar refractivity (Wildman–Crippen MR) is 145 cm³/mol. The fraction of sp³-hybridized carbons (Fsp3) is 0.300. The van der Waals surface area contributed by atoms with Crippen molar-refractivity contribution in [2.24, 2.45) is 5.92 Å². The van der Waals surface area contributed by atoms with Crippen molar-refractivity contribution in [1.82, 2.24) is 10.2 Å². The van der Waals surface area contributed by atoms with E-state index in [2.05, 4.69) is 10.6 Å². The first kappa shape index (κ1) is 26.9. The molecular weight excluding hydrogens is 482 g/mol. The molecule has 38 heavy (non-hydrogen) atoms. The molecular formula is C30H33N3O5. The van der Waals surface area contributed by atoms with E-state index in [-0.39, 0.29) is 12.5 Å². The van der Waals surface area contributed by atoms with Crippen molar-refractivity contribution in [3.63, 3.8) is 0 Å². The first-order valence-electron chi connectivity index (χ1n) is 12.6. The Morgan fingerprint density at radius 2 is 1.42 bits per heavy atom. The third kappa shape index (κ3) is 5.55. The van der Waals surface area contributed by atoms with Gasteiger partial charge in [-0.25, -0.2) is 4.79 Å². The van der Waals surface area contributed by atoms with Crippen molar-refractivity contribution in [1.29, 1.82) is 0 Å². The minimum absolute atomic E-state index is 0.0903. The molecule has 8 nitrogen and oxygen atoms in total. The van der Waals surface area contributed by atoms with Crippen LogP contribution in [-0.4, -0.2) is 47.0 Å². The summed E-state index contributed by atoms with van der Waals surface area (Å²) in [5.41, 5.74) is 5.12. The lowest BCUT2D eigenvalue weighted by Gasteiger charge is -2.31. The number of rotatable bonds is 8. The molecule has 3 aromatic carbocycles. The molecule has 0 saturated heterocycles. The SMILES string of the molecule is CC(C)[C@@H](C(=O)N[C@@H](C)C(=O)Nc1ccc(CO)cc1)N(C)C(=O)OC1c2ccccc2-c2ccccc21. The van der Waals surface area contributed by atoms with Crippen molar-refractivity contribution >= 4 is 23.6 Å². The van der Waals surface area contributed by atoms with Crippen LogP contribution in [-0.2, 0) is 20.9 Å². The summed E-state index contributed by atoms with van der Waals surface area (Å²) in [6.45, 7) is 5.16. The molecule has 0 aromatic heterocycles. The van der Waals surface area contributed by atoms with Gasteiger partial charge in [-0.3, -0.25) is 14.5 Å². The zero-order chi connectivity index (χ0) is 27.4. The summed E-state index contributed by atoms with van der Waals surface area (Å²) >= 11 is 0. The van der Waals surface area contributed by atoms with Gasteiger partial charge in [0.1, 0.15) is 12.1 Å². The van der Waals surface area contributed by atoms with E-state index in [1.54, 1.807) is 31.2 Å². The molecule has 8 heteroatoms. The van der Waals surface area contributed by atoms with Gasteiger partial charge in [-0.1, -0.05) is 74.5 Å². The number of amides is 3. The number of likely N-dealkylation sites (N-methyl/N-ethyl adjacent to an activating group) is 1. The highest BCUT2D eigenvalue weighted by Crippen LogP contribution is 2.45. The Morgan fingerprint density at radius 3 is 1.95 bits per heavy atom. The molecule has 3 N–H and O–H groups in total. The number of nitrogens with zero attached hydrogens (tertiary/aromatic N) is 1. The van der Waals surface area contributed by atoms with Crippen LogP contribution in [0.1, 0.15) is 43.6 Å². The topological polar surface area (TPSA) is 108 Å². The summed E-state index contributed by atoms with van der Waals surface area (Å²) < 4.78 is 5.97. The Balaban J connectivity index is 1.43. The molecule has 0 spiro atoms. The van der Waals surface area contributed by atoms with Crippen LogP contribution >= 0.6 is 0 Å². The van der Waals surface area contributed by atoms with Crippen LogP contribution in [0.15, 0.2) is 72.8 Å². The van der Waals surface area contributed by atoms with Gasteiger partial charge >= 0.3 is 6.09 Å². The van der Waals surface area contributed by atoms with Gasteiger partial charge in [-0.15, -0.1) is 0 Å². The van der Waals surface area contributed by atoms with Crippen molar-refractivity contribution in [3.05, 3.63) is 89.5 Å². The highest BCUT2D eigenvalue weighted by Gasteiger charge is 2.36. The Hall–Kier alpha value is -4.17. The van der Waals surface area contributed by atoms with Crippen LogP contribution < -0.4 is 10.6 Å². The molecule has 4 rings (SSSR count). The molecule has 1 aliphatic carbocycles.